The van der Waals surface area contributed by atoms with Crippen molar-refractivity contribution in [2.45, 2.75) is 45.3 Å². The molecule has 1 heterocycles. The fraction of sp³-hybridized carbons (Fsp3) is 0.923. The van der Waals surface area contributed by atoms with Gasteiger partial charge < -0.3 is 20.5 Å². The quantitative estimate of drug-likeness (QED) is 0.766. The molecule has 1 amide bonds. The first-order valence-corrected chi connectivity index (χ1v) is 6.46. The van der Waals surface area contributed by atoms with E-state index in [1.54, 1.807) is 11.9 Å². The lowest BCUT2D eigenvalue weighted by Crippen LogP contribution is -2.54. The molecular weight excluding hydrogens is 232 g/mol. The van der Waals surface area contributed by atoms with Gasteiger partial charge in [-0.1, -0.05) is 20.8 Å². The van der Waals surface area contributed by atoms with E-state index in [-0.39, 0.29) is 11.3 Å². The van der Waals surface area contributed by atoms with Crippen molar-refractivity contribution in [1.29, 1.82) is 0 Å². The van der Waals surface area contributed by atoms with Crippen molar-refractivity contribution in [3.8, 4) is 0 Å². The largest absolute Gasteiger partial charge is 0.388 e. The zero-order chi connectivity index (χ0) is 14.0. The summed E-state index contributed by atoms with van der Waals surface area (Å²) in [5.41, 5.74) is 4.84. The van der Waals surface area contributed by atoms with Crippen molar-refractivity contribution in [3.63, 3.8) is 0 Å². The molecule has 0 spiro atoms. The maximum Gasteiger partial charge on any atom is 0.239 e. The summed E-state index contributed by atoms with van der Waals surface area (Å²) in [5, 5.41) is 10.4. The second-order valence-electron chi connectivity index (χ2n) is 6.37. The second-order valence-corrected chi connectivity index (χ2v) is 6.37. The van der Waals surface area contributed by atoms with Crippen LogP contribution in [0.15, 0.2) is 0 Å². The fourth-order valence-electron chi connectivity index (χ4n) is 2.04. The zero-order valence-electron chi connectivity index (χ0n) is 11.9. The first-order valence-electron chi connectivity index (χ1n) is 6.46. The predicted octanol–water partition coefficient (Wildman–Crippen LogP) is 0.360. The highest BCUT2D eigenvalue weighted by atomic mass is 16.5. The summed E-state index contributed by atoms with van der Waals surface area (Å²) in [6, 6.07) is -0.550. The van der Waals surface area contributed by atoms with E-state index in [1.807, 2.05) is 20.8 Å². The molecule has 18 heavy (non-hydrogen) atoms. The van der Waals surface area contributed by atoms with E-state index in [0.717, 1.165) is 0 Å². The number of carbonyl (C=O) groups excluding carboxylic acids is 1. The smallest absolute Gasteiger partial charge is 0.239 e. The molecule has 0 saturated carbocycles. The number of nitrogens with zero attached hydrogens (tertiary/aromatic N) is 1. The molecule has 0 aliphatic carbocycles. The van der Waals surface area contributed by atoms with E-state index in [2.05, 4.69) is 0 Å². The van der Waals surface area contributed by atoms with Crippen molar-refractivity contribution in [1.82, 2.24) is 4.90 Å². The van der Waals surface area contributed by atoms with Gasteiger partial charge in [0.05, 0.1) is 11.6 Å². The average molecular weight is 258 g/mol. The van der Waals surface area contributed by atoms with Gasteiger partial charge in [0, 0.05) is 39.6 Å². The predicted molar refractivity (Wildman–Crippen MR) is 70.1 cm³/mol. The normalized spacial score (nSPS) is 21.4. The number of carbonyl (C=O) groups is 1. The summed E-state index contributed by atoms with van der Waals surface area (Å²) in [6.07, 6.45) is 1.13. The standard InChI is InChI=1S/C13H26N2O3/c1-12(2,3)10(14)11(16)15(4)9-13(17)5-7-18-8-6-13/h10,17H,5-9,14H2,1-4H3/t10-/m0/s1. The highest BCUT2D eigenvalue weighted by Crippen LogP contribution is 2.23. The molecule has 1 rings (SSSR count). The van der Waals surface area contributed by atoms with E-state index in [9.17, 15) is 9.90 Å². The molecule has 1 saturated heterocycles. The lowest BCUT2D eigenvalue weighted by molar-refractivity contribution is -0.140. The Morgan fingerprint density at radius 2 is 1.94 bits per heavy atom. The third-order valence-electron chi connectivity index (χ3n) is 3.53. The molecule has 1 aliphatic rings. The third kappa shape index (κ3) is 3.93. The van der Waals surface area contributed by atoms with Crippen LogP contribution in [0.25, 0.3) is 0 Å². The van der Waals surface area contributed by atoms with Crippen LogP contribution in [0.2, 0.25) is 0 Å². The van der Waals surface area contributed by atoms with Crippen LogP contribution in [0.4, 0.5) is 0 Å². The highest BCUT2D eigenvalue weighted by Gasteiger charge is 2.35. The minimum absolute atomic E-state index is 0.123. The Kier molecular flexibility index (Phi) is 4.75. The molecule has 3 N–H and O–H groups in total. The van der Waals surface area contributed by atoms with Crippen molar-refractivity contribution in [3.05, 3.63) is 0 Å². The number of rotatable bonds is 3. The molecule has 0 aromatic heterocycles. The summed E-state index contributed by atoms with van der Waals surface area (Å²) in [4.78, 5) is 13.7. The van der Waals surface area contributed by atoms with Gasteiger partial charge in [-0.05, 0) is 5.41 Å². The Balaban J connectivity index is 2.59. The maximum atomic E-state index is 12.2. The van der Waals surface area contributed by atoms with Gasteiger partial charge in [-0.2, -0.15) is 0 Å². The van der Waals surface area contributed by atoms with Crippen molar-refractivity contribution in [2.75, 3.05) is 26.8 Å². The van der Waals surface area contributed by atoms with E-state index in [4.69, 9.17) is 10.5 Å². The van der Waals surface area contributed by atoms with E-state index in [0.29, 0.717) is 32.6 Å². The van der Waals surface area contributed by atoms with E-state index in [1.165, 1.54) is 0 Å². The van der Waals surface area contributed by atoms with Crippen LogP contribution in [0.5, 0.6) is 0 Å². The molecule has 0 aromatic rings. The van der Waals surface area contributed by atoms with Crippen LogP contribution in [0.3, 0.4) is 0 Å². The number of nitrogens with two attached hydrogens (primary N) is 1. The molecule has 1 atom stereocenters. The van der Waals surface area contributed by atoms with Gasteiger partial charge in [-0.15, -0.1) is 0 Å². The van der Waals surface area contributed by atoms with Gasteiger partial charge in [0.25, 0.3) is 0 Å². The number of ether oxygens (including phenoxy) is 1. The summed E-state index contributed by atoms with van der Waals surface area (Å²) < 4.78 is 5.22. The zero-order valence-corrected chi connectivity index (χ0v) is 11.9. The number of hydrogen-bond acceptors (Lipinski definition) is 4. The van der Waals surface area contributed by atoms with Crippen LogP contribution in [0.1, 0.15) is 33.6 Å². The van der Waals surface area contributed by atoms with Crippen LogP contribution in [0, 0.1) is 5.41 Å². The first-order chi connectivity index (χ1) is 8.16. The van der Waals surface area contributed by atoms with Crippen LogP contribution < -0.4 is 5.73 Å². The Bertz CT molecular complexity index is 293. The highest BCUT2D eigenvalue weighted by molar-refractivity contribution is 5.82. The lowest BCUT2D eigenvalue weighted by atomic mass is 9.86. The molecule has 106 valence electrons. The van der Waals surface area contributed by atoms with Gasteiger partial charge in [0.1, 0.15) is 0 Å². The molecule has 0 radical (unpaired) electrons. The van der Waals surface area contributed by atoms with Crippen molar-refractivity contribution < 1.29 is 14.6 Å². The van der Waals surface area contributed by atoms with Gasteiger partial charge in [-0.3, -0.25) is 4.79 Å². The summed E-state index contributed by atoms with van der Waals surface area (Å²) in [7, 11) is 1.70. The van der Waals surface area contributed by atoms with Crippen molar-refractivity contribution >= 4 is 5.91 Å². The Labute approximate surface area is 109 Å². The van der Waals surface area contributed by atoms with Gasteiger partial charge in [0.2, 0.25) is 5.91 Å². The van der Waals surface area contributed by atoms with E-state index < -0.39 is 11.6 Å². The fourth-order valence-corrected chi connectivity index (χ4v) is 2.04. The lowest BCUT2D eigenvalue weighted by Gasteiger charge is -2.37. The Morgan fingerprint density at radius 1 is 1.44 bits per heavy atom. The molecule has 0 unspecified atom stereocenters. The molecule has 1 fully saturated rings. The summed E-state index contributed by atoms with van der Waals surface area (Å²) >= 11 is 0. The maximum absolute atomic E-state index is 12.2. The molecule has 5 nitrogen and oxygen atoms in total. The minimum atomic E-state index is -0.833. The number of aliphatic hydroxyl groups is 1. The van der Waals surface area contributed by atoms with Gasteiger partial charge >= 0.3 is 0 Å². The SMILES string of the molecule is CN(CC1(O)CCOCC1)C(=O)[C@H](N)C(C)(C)C. The molecular formula is C13H26N2O3. The minimum Gasteiger partial charge on any atom is -0.388 e. The van der Waals surface area contributed by atoms with Crippen LogP contribution in [-0.4, -0.2) is 54.4 Å². The third-order valence-corrected chi connectivity index (χ3v) is 3.53. The average Bonchev–Trinajstić information content (AvgIpc) is 2.26. The summed E-state index contributed by atoms with van der Waals surface area (Å²) in [5.74, 6) is -0.123. The number of hydrogen-bond donors (Lipinski definition) is 2. The molecule has 0 bridgehead atoms. The van der Waals surface area contributed by atoms with Gasteiger partial charge in [-0.25, -0.2) is 0 Å². The first kappa shape index (κ1) is 15.4. The van der Waals surface area contributed by atoms with Gasteiger partial charge in [0.15, 0.2) is 0 Å². The van der Waals surface area contributed by atoms with Crippen LogP contribution >= 0.6 is 0 Å². The van der Waals surface area contributed by atoms with Crippen LogP contribution in [-0.2, 0) is 9.53 Å². The Hall–Kier alpha value is -0.650. The topological polar surface area (TPSA) is 75.8 Å². The summed E-state index contributed by atoms with van der Waals surface area (Å²) in [6.45, 7) is 7.22. The molecule has 5 heteroatoms. The number of likely N-dealkylation sites (N-methyl/N-ethyl adjacent to an activating group) is 1. The monoisotopic (exact) mass is 258 g/mol. The molecule has 1 aliphatic heterocycles. The van der Waals surface area contributed by atoms with Crippen molar-refractivity contribution in [2.24, 2.45) is 11.1 Å². The second kappa shape index (κ2) is 5.55. The number of amides is 1. The van der Waals surface area contributed by atoms with E-state index >= 15 is 0 Å². The molecule has 0 aromatic carbocycles. The Morgan fingerprint density at radius 3 is 2.39 bits per heavy atom.